The monoisotopic (exact) mass is 311 g/mol. The Morgan fingerprint density at radius 2 is 2.05 bits per heavy atom. The van der Waals surface area contributed by atoms with Crippen LogP contribution in [0.4, 0.5) is 0 Å². The summed E-state index contributed by atoms with van der Waals surface area (Å²) in [6, 6.07) is 9.19. The highest BCUT2D eigenvalue weighted by molar-refractivity contribution is 7.15. The lowest BCUT2D eigenvalue weighted by molar-refractivity contribution is 0.0701. The Morgan fingerprint density at radius 1 is 1.23 bits per heavy atom. The number of carbonyl (C=O) groups is 1. The number of ether oxygens (including phenoxy) is 1. The minimum atomic E-state index is -0.998. The second kappa shape index (κ2) is 6.41. The van der Waals surface area contributed by atoms with Crippen molar-refractivity contribution in [1.82, 2.24) is 4.98 Å². The van der Waals surface area contributed by atoms with Crippen molar-refractivity contribution in [3.05, 3.63) is 71.3 Å². The van der Waals surface area contributed by atoms with Crippen molar-refractivity contribution in [3.63, 3.8) is 0 Å². The molecule has 5 heteroatoms. The van der Waals surface area contributed by atoms with Crippen molar-refractivity contribution in [2.45, 2.75) is 6.42 Å². The molecule has 0 radical (unpaired) electrons. The summed E-state index contributed by atoms with van der Waals surface area (Å²) in [6.45, 7) is 0. The number of carboxylic acid groups (broad SMARTS) is 1. The molecular formula is C17H13NO3S. The number of thiazole rings is 1. The number of aromatic nitrogens is 1. The minimum Gasteiger partial charge on any atom is -0.477 e. The van der Waals surface area contributed by atoms with E-state index in [-0.39, 0.29) is 4.88 Å². The quantitative estimate of drug-likeness (QED) is 0.901. The fraction of sp³-hybridized carbons (Fsp3) is 0.0588. The van der Waals surface area contributed by atoms with Crippen LogP contribution in [0.2, 0.25) is 0 Å². The highest BCUT2D eigenvalue weighted by Gasteiger charge is 2.20. The number of aromatic carboxylic acids is 1. The van der Waals surface area contributed by atoms with Crippen LogP contribution in [-0.4, -0.2) is 16.1 Å². The van der Waals surface area contributed by atoms with E-state index in [4.69, 9.17) is 4.74 Å². The van der Waals surface area contributed by atoms with E-state index in [1.54, 1.807) is 12.1 Å². The van der Waals surface area contributed by atoms with Gasteiger partial charge in [-0.15, -0.1) is 0 Å². The molecule has 0 bridgehead atoms. The number of hydrogen-bond donors (Lipinski definition) is 1. The third-order valence-electron chi connectivity index (χ3n) is 3.02. The van der Waals surface area contributed by atoms with Crippen LogP contribution < -0.4 is 4.74 Å². The molecule has 1 N–H and O–H groups in total. The molecule has 0 saturated heterocycles. The molecule has 1 heterocycles. The zero-order chi connectivity index (χ0) is 15.4. The number of rotatable bonds is 4. The molecular weight excluding hydrogens is 298 g/mol. The van der Waals surface area contributed by atoms with E-state index in [1.807, 2.05) is 48.6 Å². The number of hydrogen-bond acceptors (Lipinski definition) is 4. The van der Waals surface area contributed by atoms with E-state index in [9.17, 15) is 9.90 Å². The van der Waals surface area contributed by atoms with Crippen molar-refractivity contribution in [1.29, 1.82) is 0 Å². The molecule has 0 fully saturated rings. The standard InChI is InChI=1S/C17H13NO3S/c19-16(20)15-14(12-8-4-1-2-5-9-12)18-17(22-15)21-13-10-6-3-7-11-13/h1-4,6-11H,5H2,(H,19,20). The number of benzene rings is 1. The predicted octanol–water partition coefficient (Wildman–Crippen LogP) is 4.53. The van der Waals surface area contributed by atoms with Crippen molar-refractivity contribution in [2.24, 2.45) is 0 Å². The van der Waals surface area contributed by atoms with Gasteiger partial charge in [0.15, 0.2) is 0 Å². The topological polar surface area (TPSA) is 59.4 Å². The van der Waals surface area contributed by atoms with Crippen LogP contribution in [-0.2, 0) is 0 Å². The summed E-state index contributed by atoms with van der Waals surface area (Å²) in [4.78, 5) is 16.0. The van der Waals surface area contributed by atoms with Crippen molar-refractivity contribution in [3.8, 4) is 10.9 Å². The maximum Gasteiger partial charge on any atom is 0.348 e. The van der Waals surface area contributed by atoms with Crippen LogP contribution in [0.25, 0.3) is 5.57 Å². The van der Waals surface area contributed by atoms with Gasteiger partial charge in [-0.05, 0) is 24.1 Å². The fourth-order valence-electron chi connectivity index (χ4n) is 2.03. The average molecular weight is 311 g/mol. The molecule has 0 unspecified atom stereocenters. The van der Waals surface area contributed by atoms with Gasteiger partial charge in [0.2, 0.25) is 0 Å². The molecule has 1 aromatic heterocycles. The highest BCUT2D eigenvalue weighted by atomic mass is 32.1. The first-order chi connectivity index (χ1) is 10.7. The van der Waals surface area contributed by atoms with Gasteiger partial charge in [-0.2, -0.15) is 0 Å². The molecule has 0 aliphatic heterocycles. The zero-order valence-electron chi connectivity index (χ0n) is 11.6. The molecule has 0 spiro atoms. The van der Waals surface area contributed by atoms with Gasteiger partial charge in [-0.25, -0.2) is 9.78 Å². The maximum atomic E-state index is 11.5. The maximum absolute atomic E-state index is 11.5. The lowest BCUT2D eigenvalue weighted by atomic mass is 10.1. The Morgan fingerprint density at radius 3 is 2.82 bits per heavy atom. The Balaban J connectivity index is 1.96. The predicted molar refractivity (Wildman–Crippen MR) is 86.5 cm³/mol. The molecule has 1 aliphatic rings. The van der Waals surface area contributed by atoms with Gasteiger partial charge in [0.05, 0.1) is 5.69 Å². The first-order valence-corrected chi connectivity index (χ1v) is 7.56. The summed E-state index contributed by atoms with van der Waals surface area (Å²) >= 11 is 1.03. The van der Waals surface area contributed by atoms with Crippen LogP contribution in [0, 0.1) is 0 Å². The second-order valence-corrected chi connectivity index (χ2v) is 5.52. The number of carboxylic acids is 1. The Labute approximate surface area is 131 Å². The van der Waals surface area contributed by atoms with E-state index in [2.05, 4.69) is 4.98 Å². The summed E-state index contributed by atoms with van der Waals surface area (Å²) in [6.07, 6.45) is 10.4. The smallest absolute Gasteiger partial charge is 0.348 e. The molecule has 4 nitrogen and oxygen atoms in total. The van der Waals surface area contributed by atoms with Crippen LogP contribution in [0.5, 0.6) is 10.9 Å². The summed E-state index contributed by atoms with van der Waals surface area (Å²) in [5.74, 6) is -0.367. The lowest BCUT2D eigenvalue weighted by Gasteiger charge is -2.00. The zero-order valence-corrected chi connectivity index (χ0v) is 12.4. The number of allylic oxidation sites excluding steroid dienone is 6. The largest absolute Gasteiger partial charge is 0.477 e. The van der Waals surface area contributed by atoms with Crippen molar-refractivity contribution in [2.75, 3.05) is 0 Å². The first-order valence-electron chi connectivity index (χ1n) is 6.75. The highest BCUT2D eigenvalue weighted by Crippen LogP contribution is 2.33. The van der Waals surface area contributed by atoms with Gasteiger partial charge >= 0.3 is 5.97 Å². The lowest BCUT2D eigenvalue weighted by Crippen LogP contribution is -1.97. The fourth-order valence-corrected chi connectivity index (χ4v) is 2.83. The Bertz CT molecular complexity index is 772. The Kier molecular flexibility index (Phi) is 4.16. The number of para-hydroxylation sites is 1. The van der Waals surface area contributed by atoms with E-state index in [1.165, 1.54) is 0 Å². The van der Waals surface area contributed by atoms with Crippen LogP contribution in [0.15, 0.2) is 60.7 Å². The second-order valence-electron chi connectivity index (χ2n) is 4.56. The first kappa shape index (κ1) is 14.3. The molecule has 0 atom stereocenters. The normalized spacial score (nSPS) is 13.5. The minimum absolute atomic E-state index is 0.184. The van der Waals surface area contributed by atoms with E-state index in [0.29, 0.717) is 16.6 Å². The van der Waals surface area contributed by atoms with Gasteiger partial charge < -0.3 is 9.84 Å². The van der Waals surface area contributed by atoms with E-state index < -0.39 is 5.97 Å². The average Bonchev–Trinajstić information content (AvgIpc) is 2.76. The summed E-state index contributed by atoms with van der Waals surface area (Å²) in [5.41, 5.74) is 1.24. The molecule has 2 aromatic rings. The molecule has 22 heavy (non-hydrogen) atoms. The Hall–Kier alpha value is -2.66. The molecule has 1 aromatic carbocycles. The van der Waals surface area contributed by atoms with Crippen LogP contribution in [0.1, 0.15) is 21.8 Å². The van der Waals surface area contributed by atoms with Crippen LogP contribution in [0.3, 0.4) is 0 Å². The van der Waals surface area contributed by atoms with Gasteiger partial charge in [0.1, 0.15) is 10.6 Å². The third kappa shape index (κ3) is 3.15. The number of nitrogens with zero attached hydrogens (tertiary/aromatic N) is 1. The van der Waals surface area contributed by atoms with Crippen molar-refractivity contribution < 1.29 is 14.6 Å². The van der Waals surface area contributed by atoms with Crippen molar-refractivity contribution >= 4 is 22.9 Å². The third-order valence-corrected chi connectivity index (χ3v) is 3.94. The molecule has 0 amide bonds. The van der Waals surface area contributed by atoms with E-state index in [0.717, 1.165) is 23.3 Å². The molecule has 3 rings (SSSR count). The molecule has 0 saturated carbocycles. The van der Waals surface area contributed by atoms with E-state index >= 15 is 0 Å². The van der Waals surface area contributed by atoms with Crippen LogP contribution >= 0.6 is 11.3 Å². The van der Waals surface area contributed by atoms with Gasteiger partial charge in [-0.1, -0.05) is 59.9 Å². The summed E-state index contributed by atoms with van der Waals surface area (Å²) in [5, 5.41) is 9.72. The molecule has 110 valence electrons. The summed E-state index contributed by atoms with van der Waals surface area (Å²) < 4.78 is 5.65. The van der Waals surface area contributed by atoms with Gasteiger partial charge in [-0.3, -0.25) is 0 Å². The molecule has 1 aliphatic carbocycles. The SMILES string of the molecule is O=C(O)c1sc(Oc2ccccc2)nc1C1=CCC=CC=C1. The summed E-state index contributed by atoms with van der Waals surface area (Å²) in [7, 11) is 0. The van der Waals surface area contributed by atoms with Gasteiger partial charge in [0, 0.05) is 0 Å². The van der Waals surface area contributed by atoms with Gasteiger partial charge in [0.25, 0.3) is 5.19 Å².